The Bertz CT molecular complexity index is 1640. The van der Waals surface area contributed by atoms with Crippen LogP contribution in [-0.2, 0) is 6.42 Å². The van der Waals surface area contributed by atoms with Crippen LogP contribution >= 0.6 is 0 Å². The van der Waals surface area contributed by atoms with Crippen molar-refractivity contribution < 1.29 is 0 Å². The van der Waals surface area contributed by atoms with Gasteiger partial charge in [-0.3, -0.25) is 0 Å². The maximum atomic E-state index is 2.39. The van der Waals surface area contributed by atoms with E-state index in [0.717, 1.165) is 6.42 Å². The molecule has 0 fully saturated rings. The minimum Gasteiger partial charge on any atom is -0.309 e. The topological polar surface area (TPSA) is 4.93 Å². The maximum Gasteiger partial charge on any atom is 0.0547 e. The molecular weight excluding hydrogens is 386 g/mol. The average molecular weight is 408 g/mol. The molecule has 7 rings (SSSR count). The zero-order valence-electron chi connectivity index (χ0n) is 17.6. The summed E-state index contributed by atoms with van der Waals surface area (Å²) in [6, 6.07) is 41.9. The van der Waals surface area contributed by atoms with Gasteiger partial charge in [0.2, 0.25) is 0 Å². The van der Waals surface area contributed by atoms with Crippen LogP contribution in [0.4, 0.5) is 0 Å². The molecule has 1 aromatic heterocycles. The van der Waals surface area contributed by atoms with Gasteiger partial charge in [-0.2, -0.15) is 0 Å². The van der Waals surface area contributed by atoms with E-state index in [4.69, 9.17) is 0 Å². The second kappa shape index (κ2) is 6.70. The summed E-state index contributed by atoms with van der Waals surface area (Å²) in [4.78, 5) is 0. The third-order valence-electron chi connectivity index (χ3n) is 6.82. The molecule has 0 bridgehead atoms. The molecule has 0 atom stereocenters. The highest BCUT2D eigenvalue weighted by Crippen LogP contribution is 2.44. The molecule has 0 unspecified atom stereocenters. The van der Waals surface area contributed by atoms with Crippen LogP contribution in [-0.4, -0.2) is 4.57 Å². The Kier molecular flexibility index (Phi) is 3.68. The molecule has 6 aromatic rings. The van der Waals surface area contributed by atoms with Crippen molar-refractivity contribution in [2.45, 2.75) is 6.42 Å². The Morgan fingerprint density at radius 2 is 1.22 bits per heavy atom. The third-order valence-corrected chi connectivity index (χ3v) is 6.82. The molecule has 5 aromatic carbocycles. The molecule has 1 nitrogen and oxygen atoms in total. The van der Waals surface area contributed by atoms with Crippen LogP contribution in [0.5, 0.6) is 0 Å². The molecule has 1 aliphatic rings. The van der Waals surface area contributed by atoms with Gasteiger partial charge in [0.25, 0.3) is 0 Å². The molecule has 150 valence electrons. The van der Waals surface area contributed by atoms with Gasteiger partial charge in [0.15, 0.2) is 0 Å². The summed E-state index contributed by atoms with van der Waals surface area (Å²) < 4.78 is 2.39. The first-order chi connectivity index (χ1) is 15.9. The minimum absolute atomic E-state index is 1.02. The Morgan fingerprint density at radius 1 is 0.500 bits per heavy atom. The van der Waals surface area contributed by atoms with Crippen molar-refractivity contribution >= 4 is 21.8 Å². The van der Waals surface area contributed by atoms with Gasteiger partial charge in [-0.05, 0) is 64.1 Å². The Hall–Kier alpha value is -4.10. The van der Waals surface area contributed by atoms with Crippen LogP contribution in [0.15, 0.2) is 115 Å². The molecular formula is C31H21N. The van der Waals surface area contributed by atoms with E-state index in [-0.39, 0.29) is 0 Å². The lowest BCUT2D eigenvalue weighted by Crippen LogP contribution is -1.93. The van der Waals surface area contributed by atoms with Crippen molar-refractivity contribution in [1.82, 2.24) is 4.57 Å². The lowest BCUT2D eigenvalue weighted by molar-refractivity contribution is 1.18. The SMILES string of the molecule is c1ccc(-n2c3ccccc3c3ccc(-c4cccc5c4-c4ccccc4C5)cc32)cc1. The van der Waals surface area contributed by atoms with E-state index in [0.29, 0.717) is 0 Å². The highest BCUT2D eigenvalue weighted by atomic mass is 15.0. The molecule has 32 heavy (non-hydrogen) atoms. The quantitative estimate of drug-likeness (QED) is 0.273. The van der Waals surface area contributed by atoms with E-state index in [1.165, 1.54) is 60.9 Å². The number of aromatic nitrogens is 1. The van der Waals surface area contributed by atoms with Crippen LogP contribution < -0.4 is 0 Å². The largest absolute Gasteiger partial charge is 0.309 e. The summed E-state index contributed by atoms with van der Waals surface area (Å²) in [6.07, 6.45) is 1.02. The van der Waals surface area contributed by atoms with Crippen LogP contribution in [0.1, 0.15) is 11.1 Å². The molecule has 0 saturated heterocycles. The summed E-state index contributed by atoms with van der Waals surface area (Å²) >= 11 is 0. The summed E-state index contributed by atoms with van der Waals surface area (Å²) in [5.41, 5.74) is 11.9. The zero-order valence-corrected chi connectivity index (χ0v) is 17.6. The number of benzene rings is 5. The van der Waals surface area contributed by atoms with Gasteiger partial charge in [0.1, 0.15) is 0 Å². The first-order valence-electron chi connectivity index (χ1n) is 11.2. The molecule has 1 heterocycles. The average Bonchev–Trinajstić information content (AvgIpc) is 3.40. The fraction of sp³-hybridized carbons (Fsp3) is 0.0323. The zero-order chi connectivity index (χ0) is 21.1. The number of hydrogen-bond acceptors (Lipinski definition) is 0. The van der Waals surface area contributed by atoms with Gasteiger partial charge in [-0.1, -0.05) is 91.0 Å². The molecule has 0 saturated carbocycles. The summed E-state index contributed by atoms with van der Waals surface area (Å²) in [5.74, 6) is 0. The normalized spacial score (nSPS) is 12.2. The van der Waals surface area contributed by atoms with E-state index in [1.807, 2.05) is 0 Å². The van der Waals surface area contributed by atoms with Gasteiger partial charge in [-0.15, -0.1) is 0 Å². The van der Waals surface area contributed by atoms with E-state index < -0.39 is 0 Å². The van der Waals surface area contributed by atoms with Crippen molar-refractivity contribution in [2.75, 3.05) is 0 Å². The first-order valence-corrected chi connectivity index (χ1v) is 11.2. The molecule has 1 aliphatic carbocycles. The van der Waals surface area contributed by atoms with Gasteiger partial charge < -0.3 is 4.57 Å². The molecule has 1 heteroatoms. The third kappa shape index (κ3) is 2.45. The number of nitrogens with zero attached hydrogens (tertiary/aromatic N) is 1. The van der Waals surface area contributed by atoms with E-state index in [1.54, 1.807) is 0 Å². The van der Waals surface area contributed by atoms with Crippen LogP contribution in [0, 0.1) is 0 Å². The van der Waals surface area contributed by atoms with E-state index >= 15 is 0 Å². The highest BCUT2D eigenvalue weighted by Gasteiger charge is 2.22. The van der Waals surface area contributed by atoms with Crippen LogP contribution in [0.2, 0.25) is 0 Å². The second-order valence-electron chi connectivity index (χ2n) is 8.59. The predicted octanol–water partition coefficient (Wildman–Crippen LogP) is 8.02. The Morgan fingerprint density at radius 3 is 2.16 bits per heavy atom. The summed E-state index contributed by atoms with van der Waals surface area (Å²) in [5, 5.41) is 2.59. The first kappa shape index (κ1) is 17.6. The van der Waals surface area contributed by atoms with Crippen LogP contribution in [0.25, 0.3) is 49.7 Å². The number of para-hydroxylation sites is 2. The maximum absolute atomic E-state index is 2.39. The van der Waals surface area contributed by atoms with Crippen molar-refractivity contribution in [3.05, 3.63) is 126 Å². The minimum atomic E-state index is 1.02. The number of rotatable bonds is 2. The van der Waals surface area contributed by atoms with Crippen molar-refractivity contribution in [1.29, 1.82) is 0 Å². The van der Waals surface area contributed by atoms with Crippen molar-refractivity contribution in [3.63, 3.8) is 0 Å². The highest BCUT2D eigenvalue weighted by molar-refractivity contribution is 6.10. The lowest BCUT2D eigenvalue weighted by atomic mass is 9.93. The summed E-state index contributed by atoms with van der Waals surface area (Å²) in [6.45, 7) is 0. The standard InChI is InChI=1S/C31H21N/c1-2-11-24(12-3-1)32-29-16-7-6-14-27(29)28-18-17-22(20-30(28)32)26-15-8-10-23-19-21-9-4-5-13-25(21)31(23)26/h1-18,20H,19H2. The van der Waals surface area contributed by atoms with Crippen LogP contribution in [0.3, 0.4) is 0 Å². The summed E-state index contributed by atoms with van der Waals surface area (Å²) in [7, 11) is 0. The van der Waals surface area contributed by atoms with Gasteiger partial charge in [0.05, 0.1) is 11.0 Å². The van der Waals surface area contributed by atoms with E-state index in [9.17, 15) is 0 Å². The fourth-order valence-electron chi connectivity index (χ4n) is 5.42. The second-order valence-corrected chi connectivity index (χ2v) is 8.59. The molecule has 0 aliphatic heterocycles. The van der Waals surface area contributed by atoms with Crippen molar-refractivity contribution in [2.24, 2.45) is 0 Å². The Balaban J connectivity index is 1.53. The fourth-order valence-corrected chi connectivity index (χ4v) is 5.42. The van der Waals surface area contributed by atoms with Gasteiger partial charge in [0, 0.05) is 16.5 Å². The monoisotopic (exact) mass is 407 g/mol. The molecule has 0 amide bonds. The van der Waals surface area contributed by atoms with Gasteiger partial charge >= 0.3 is 0 Å². The number of hydrogen-bond donors (Lipinski definition) is 0. The molecule has 0 N–H and O–H groups in total. The molecule has 0 radical (unpaired) electrons. The van der Waals surface area contributed by atoms with Gasteiger partial charge in [-0.25, -0.2) is 0 Å². The molecule has 0 spiro atoms. The van der Waals surface area contributed by atoms with Crippen molar-refractivity contribution in [3.8, 4) is 27.9 Å². The van der Waals surface area contributed by atoms with E-state index in [2.05, 4.69) is 120 Å². The predicted molar refractivity (Wildman–Crippen MR) is 134 cm³/mol. The smallest absolute Gasteiger partial charge is 0.0547 e. The lowest BCUT2D eigenvalue weighted by Gasteiger charge is -2.12. The number of fused-ring (bicyclic) bond motifs is 6. The Labute approximate surface area is 187 Å².